The molecule has 4 rings (SSSR count). The van der Waals surface area contributed by atoms with Gasteiger partial charge in [-0.25, -0.2) is 0 Å². The number of benzene rings is 1. The summed E-state index contributed by atoms with van der Waals surface area (Å²) >= 11 is 0. The molecule has 0 saturated carbocycles. The van der Waals surface area contributed by atoms with E-state index < -0.39 is 0 Å². The Kier molecular flexibility index (Phi) is 5.51. The highest BCUT2D eigenvalue weighted by molar-refractivity contribution is 6.06. The van der Waals surface area contributed by atoms with Crippen LogP contribution in [0.2, 0.25) is 0 Å². The first-order valence-electron chi connectivity index (χ1n) is 10.3. The van der Waals surface area contributed by atoms with E-state index >= 15 is 0 Å². The quantitative estimate of drug-likeness (QED) is 0.884. The molecule has 3 heterocycles. The molecule has 2 aliphatic heterocycles. The van der Waals surface area contributed by atoms with Crippen molar-refractivity contribution in [3.8, 4) is 0 Å². The van der Waals surface area contributed by atoms with E-state index in [4.69, 9.17) is 4.74 Å². The molecular formula is C22H29N3O3. The Labute approximate surface area is 165 Å². The molecule has 1 unspecified atom stereocenters. The highest BCUT2D eigenvalue weighted by Gasteiger charge is 2.30. The molecule has 0 radical (unpaired) electrons. The normalized spacial score (nSPS) is 20.4. The highest BCUT2D eigenvalue weighted by Crippen LogP contribution is 2.26. The number of carbonyl (C=O) groups is 1. The molecule has 6 heteroatoms. The average Bonchev–Trinajstić information content (AvgIpc) is 2.73. The van der Waals surface area contributed by atoms with Crippen molar-refractivity contribution >= 4 is 16.8 Å². The highest BCUT2D eigenvalue weighted by atomic mass is 16.5. The average molecular weight is 383 g/mol. The third kappa shape index (κ3) is 3.84. The van der Waals surface area contributed by atoms with E-state index in [1.165, 1.54) is 6.07 Å². The predicted molar refractivity (Wildman–Crippen MR) is 110 cm³/mol. The second-order valence-electron chi connectivity index (χ2n) is 8.11. The zero-order valence-corrected chi connectivity index (χ0v) is 16.7. The van der Waals surface area contributed by atoms with Crippen LogP contribution in [0.25, 0.3) is 10.9 Å². The van der Waals surface area contributed by atoms with Crippen molar-refractivity contribution in [1.29, 1.82) is 0 Å². The third-order valence-corrected chi connectivity index (χ3v) is 6.36. The summed E-state index contributed by atoms with van der Waals surface area (Å²) in [7, 11) is 0. The van der Waals surface area contributed by atoms with Crippen molar-refractivity contribution in [3.05, 3.63) is 45.7 Å². The fourth-order valence-electron chi connectivity index (χ4n) is 4.58. The zero-order valence-electron chi connectivity index (χ0n) is 16.7. The number of nitrogens with zero attached hydrogens (tertiary/aromatic N) is 2. The molecule has 1 amide bonds. The molecule has 0 spiro atoms. The number of nitrogens with one attached hydrogen (secondary N) is 1. The first kappa shape index (κ1) is 19.2. The number of amides is 1. The summed E-state index contributed by atoms with van der Waals surface area (Å²) in [6.45, 7) is 9.43. The Balaban J connectivity index is 1.48. The summed E-state index contributed by atoms with van der Waals surface area (Å²) < 4.78 is 5.47. The number of H-pyrrole nitrogens is 1. The monoisotopic (exact) mass is 383 g/mol. The van der Waals surface area contributed by atoms with Crippen LogP contribution < -0.4 is 5.56 Å². The maximum Gasteiger partial charge on any atom is 0.254 e. The molecule has 6 nitrogen and oxygen atoms in total. The van der Waals surface area contributed by atoms with Crippen molar-refractivity contribution in [3.63, 3.8) is 0 Å². The number of aryl methyl sites for hydroxylation is 1. The molecule has 2 aliphatic rings. The second-order valence-corrected chi connectivity index (χ2v) is 8.11. The van der Waals surface area contributed by atoms with Gasteiger partial charge in [-0.05, 0) is 44.7 Å². The maximum absolute atomic E-state index is 13.2. The van der Waals surface area contributed by atoms with Gasteiger partial charge in [0.25, 0.3) is 5.91 Å². The number of hydrogen-bond donors (Lipinski definition) is 1. The van der Waals surface area contributed by atoms with Crippen LogP contribution >= 0.6 is 0 Å². The number of hydrogen-bond acceptors (Lipinski definition) is 4. The van der Waals surface area contributed by atoms with Gasteiger partial charge in [0.15, 0.2) is 0 Å². The minimum absolute atomic E-state index is 0.0285. The predicted octanol–water partition coefficient (Wildman–Crippen LogP) is 2.41. The van der Waals surface area contributed by atoms with Gasteiger partial charge in [0.05, 0.1) is 18.8 Å². The Morgan fingerprint density at radius 3 is 2.57 bits per heavy atom. The van der Waals surface area contributed by atoms with Gasteiger partial charge in [-0.3, -0.25) is 14.5 Å². The molecule has 28 heavy (non-hydrogen) atoms. The summed E-state index contributed by atoms with van der Waals surface area (Å²) in [5.74, 6) is 0.569. The first-order chi connectivity index (χ1) is 13.5. The van der Waals surface area contributed by atoms with Crippen molar-refractivity contribution in [1.82, 2.24) is 14.8 Å². The summed E-state index contributed by atoms with van der Waals surface area (Å²) in [5, 5.41) is 0.827. The van der Waals surface area contributed by atoms with Gasteiger partial charge >= 0.3 is 0 Å². The fourth-order valence-corrected chi connectivity index (χ4v) is 4.58. The topological polar surface area (TPSA) is 65.6 Å². The standard InChI is InChI=1S/C22H29N3O3/c1-15-3-4-20-18(13-15)19(14-21(26)23-20)22(27)25-7-5-17(6-8-25)16(2)24-9-11-28-12-10-24/h3-4,13-14,16-17H,5-12H2,1-2H3,(H,23,26). The molecule has 2 aromatic rings. The number of morpholine rings is 1. The number of fused-ring (bicyclic) bond motifs is 1. The molecule has 1 aromatic heterocycles. The van der Waals surface area contributed by atoms with E-state index in [-0.39, 0.29) is 11.5 Å². The van der Waals surface area contributed by atoms with Crippen LogP contribution in [0.15, 0.2) is 29.1 Å². The number of pyridine rings is 1. The van der Waals surface area contributed by atoms with E-state index in [0.717, 1.165) is 68.7 Å². The minimum Gasteiger partial charge on any atom is -0.379 e. The molecule has 1 atom stereocenters. The van der Waals surface area contributed by atoms with E-state index in [9.17, 15) is 9.59 Å². The zero-order chi connectivity index (χ0) is 19.7. The largest absolute Gasteiger partial charge is 0.379 e. The molecule has 2 fully saturated rings. The van der Waals surface area contributed by atoms with Gasteiger partial charge < -0.3 is 14.6 Å². The number of rotatable bonds is 3. The van der Waals surface area contributed by atoms with E-state index in [1.807, 2.05) is 30.0 Å². The number of aromatic amines is 1. The summed E-state index contributed by atoms with van der Waals surface area (Å²) in [5.41, 5.74) is 2.08. The number of aromatic nitrogens is 1. The lowest BCUT2D eigenvalue weighted by atomic mass is 9.89. The third-order valence-electron chi connectivity index (χ3n) is 6.36. The van der Waals surface area contributed by atoms with Crippen LogP contribution in [0.1, 0.15) is 35.7 Å². The summed E-state index contributed by atoms with van der Waals surface area (Å²) in [6, 6.07) is 7.77. The van der Waals surface area contributed by atoms with Gasteiger partial charge in [0.2, 0.25) is 5.56 Å². The Bertz CT molecular complexity index is 909. The number of ether oxygens (including phenoxy) is 1. The van der Waals surface area contributed by atoms with Crippen LogP contribution in [0, 0.1) is 12.8 Å². The molecule has 1 N–H and O–H groups in total. The van der Waals surface area contributed by atoms with Crippen LogP contribution in [0.4, 0.5) is 0 Å². The van der Waals surface area contributed by atoms with Gasteiger partial charge in [0, 0.05) is 49.2 Å². The van der Waals surface area contributed by atoms with Gasteiger partial charge in [-0.2, -0.15) is 0 Å². The number of carbonyl (C=O) groups excluding carboxylic acids is 1. The van der Waals surface area contributed by atoms with Crippen LogP contribution in [0.5, 0.6) is 0 Å². The van der Waals surface area contributed by atoms with Crippen molar-refractivity contribution < 1.29 is 9.53 Å². The number of likely N-dealkylation sites (tertiary alicyclic amines) is 1. The fraction of sp³-hybridized carbons (Fsp3) is 0.545. The second kappa shape index (κ2) is 8.05. The number of piperidine rings is 1. The Morgan fingerprint density at radius 1 is 1.14 bits per heavy atom. The van der Waals surface area contributed by atoms with Crippen LogP contribution in [0.3, 0.4) is 0 Å². The van der Waals surface area contributed by atoms with Gasteiger partial charge in [-0.15, -0.1) is 0 Å². The lowest BCUT2D eigenvalue weighted by Gasteiger charge is -2.41. The molecule has 1 aromatic carbocycles. The van der Waals surface area contributed by atoms with Crippen molar-refractivity contribution in [2.75, 3.05) is 39.4 Å². The van der Waals surface area contributed by atoms with E-state index in [2.05, 4.69) is 16.8 Å². The van der Waals surface area contributed by atoms with Crippen molar-refractivity contribution in [2.45, 2.75) is 32.7 Å². The van der Waals surface area contributed by atoms with Crippen LogP contribution in [-0.2, 0) is 4.74 Å². The Hall–Kier alpha value is -2.18. The Morgan fingerprint density at radius 2 is 1.86 bits per heavy atom. The minimum atomic E-state index is -0.226. The maximum atomic E-state index is 13.2. The smallest absolute Gasteiger partial charge is 0.254 e. The summed E-state index contributed by atoms with van der Waals surface area (Å²) in [4.78, 5) is 32.5. The SMILES string of the molecule is Cc1ccc2[nH]c(=O)cc(C(=O)N3CCC(C(C)N4CCOCC4)CC3)c2c1. The van der Waals surface area contributed by atoms with Gasteiger partial charge in [0.1, 0.15) is 0 Å². The lowest BCUT2D eigenvalue weighted by molar-refractivity contribution is -0.000939. The molecular weight excluding hydrogens is 354 g/mol. The molecule has 0 bridgehead atoms. The van der Waals surface area contributed by atoms with Gasteiger partial charge in [-0.1, -0.05) is 11.6 Å². The lowest BCUT2D eigenvalue weighted by Crippen LogP contribution is -2.49. The molecule has 150 valence electrons. The summed E-state index contributed by atoms with van der Waals surface area (Å²) in [6.07, 6.45) is 2.01. The van der Waals surface area contributed by atoms with E-state index in [0.29, 0.717) is 17.5 Å². The molecule has 2 saturated heterocycles. The molecule has 0 aliphatic carbocycles. The van der Waals surface area contributed by atoms with E-state index in [1.54, 1.807) is 0 Å². The van der Waals surface area contributed by atoms with Crippen molar-refractivity contribution in [2.24, 2.45) is 5.92 Å². The van der Waals surface area contributed by atoms with Crippen LogP contribution in [-0.4, -0.2) is 66.1 Å². The first-order valence-corrected chi connectivity index (χ1v) is 10.3.